The summed E-state index contributed by atoms with van der Waals surface area (Å²) in [6, 6.07) is 21.7. The van der Waals surface area contributed by atoms with Gasteiger partial charge in [-0.3, -0.25) is 4.79 Å². The predicted octanol–water partition coefficient (Wildman–Crippen LogP) is 7.95. The Morgan fingerprint density at radius 1 is 1.02 bits per heavy atom. The van der Waals surface area contributed by atoms with Crippen molar-refractivity contribution in [2.24, 2.45) is 5.10 Å². The quantitative estimate of drug-likeness (QED) is 0.179. The van der Waals surface area contributed by atoms with E-state index in [1.54, 1.807) is 12.3 Å². The van der Waals surface area contributed by atoms with E-state index in [1.807, 2.05) is 56.3 Å². The average molecular weight is 598 g/mol. The van der Waals surface area contributed by atoms with E-state index >= 15 is 0 Å². The highest BCUT2D eigenvalue weighted by atomic mass is 79.9. The van der Waals surface area contributed by atoms with E-state index in [0.29, 0.717) is 23.3 Å². The lowest BCUT2D eigenvalue weighted by Gasteiger charge is -2.18. The molecular formula is C33H33BrN4O2. The van der Waals surface area contributed by atoms with Crippen molar-refractivity contribution in [1.29, 1.82) is 0 Å². The summed E-state index contributed by atoms with van der Waals surface area (Å²) in [5.41, 5.74) is 7.37. The first-order valence-corrected chi connectivity index (χ1v) is 14.3. The van der Waals surface area contributed by atoms with E-state index in [2.05, 4.69) is 66.4 Å². The standard InChI is InChI=1S/C33H33BrN4O2/c1-7-40-31-16-21(4)27(18-26(31)20(2)3)32-36-29-14-10-8-12-25(29)33(39)38(32)35-19-24-17-22(5)37(23(24)6)30-15-11-9-13-28(30)34/h8-20H,7H2,1-6H3. The number of benzene rings is 3. The molecule has 5 aromatic rings. The van der Waals surface area contributed by atoms with Crippen LogP contribution >= 0.6 is 15.9 Å². The van der Waals surface area contributed by atoms with Crippen molar-refractivity contribution >= 4 is 33.0 Å². The second kappa shape index (κ2) is 11.3. The molecule has 2 heterocycles. The fourth-order valence-corrected chi connectivity index (χ4v) is 5.58. The number of fused-ring (bicyclic) bond motifs is 1. The van der Waals surface area contributed by atoms with E-state index < -0.39 is 0 Å². The summed E-state index contributed by atoms with van der Waals surface area (Å²) < 4.78 is 10.6. The highest BCUT2D eigenvalue weighted by Crippen LogP contribution is 2.34. The zero-order chi connectivity index (χ0) is 28.6. The molecule has 2 aromatic heterocycles. The highest BCUT2D eigenvalue weighted by Gasteiger charge is 2.19. The minimum Gasteiger partial charge on any atom is -0.494 e. The number of para-hydroxylation sites is 2. The molecule has 40 heavy (non-hydrogen) atoms. The Bertz CT molecular complexity index is 1810. The summed E-state index contributed by atoms with van der Waals surface area (Å²) in [7, 11) is 0. The number of hydrogen-bond acceptors (Lipinski definition) is 4. The van der Waals surface area contributed by atoms with Gasteiger partial charge in [0.1, 0.15) is 5.75 Å². The molecule has 0 spiro atoms. The first-order valence-electron chi connectivity index (χ1n) is 13.5. The van der Waals surface area contributed by atoms with Crippen LogP contribution in [0.3, 0.4) is 0 Å². The minimum absolute atomic E-state index is 0.212. The fourth-order valence-electron chi connectivity index (χ4n) is 5.12. The smallest absolute Gasteiger partial charge is 0.282 e. The number of nitrogens with zero attached hydrogens (tertiary/aromatic N) is 4. The van der Waals surface area contributed by atoms with Crippen molar-refractivity contribution in [1.82, 2.24) is 14.2 Å². The van der Waals surface area contributed by atoms with Crippen LogP contribution in [0.4, 0.5) is 0 Å². The van der Waals surface area contributed by atoms with E-state index in [1.165, 1.54) is 4.68 Å². The maximum absolute atomic E-state index is 13.8. The summed E-state index contributed by atoms with van der Waals surface area (Å²) in [6.45, 7) is 13.0. The van der Waals surface area contributed by atoms with E-state index in [-0.39, 0.29) is 11.5 Å². The number of ether oxygens (including phenoxy) is 1. The SMILES string of the molecule is CCOc1cc(C)c(-c2nc3ccccc3c(=O)n2N=Cc2cc(C)n(-c3ccccc3Br)c2C)cc1C(C)C. The monoisotopic (exact) mass is 596 g/mol. The summed E-state index contributed by atoms with van der Waals surface area (Å²) in [5, 5.41) is 5.29. The summed E-state index contributed by atoms with van der Waals surface area (Å²) in [5.74, 6) is 1.59. The third-order valence-corrected chi connectivity index (χ3v) is 7.82. The number of aryl methyl sites for hydroxylation is 2. The molecule has 0 saturated heterocycles. The van der Waals surface area contributed by atoms with Crippen LogP contribution in [0.5, 0.6) is 5.75 Å². The Balaban J connectivity index is 1.71. The van der Waals surface area contributed by atoms with Gasteiger partial charge in [-0.1, -0.05) is 38.1 Å². The predicted molar refractivity (Wildman–Crippen MR) is 167 cm³/mol. The van der Waals surface area contributed by atoms with Gasteiger partial charge in [0, 0.05) is 27.0 Å². The molecule has 0 saturated carbocycles. The molecule has 5 rings (SSSR count). The van der Waals surface area contributed by atoms with Crippen molar-refractivity contribution in [2.45, 2.75) is 47.5 Å². The lowest BCUT2D eigenvalue weighted by atomic mass is 9.96. The number of halogens is 1. The first kappa shape index (κ1) is 27.6. The maximum atomic E-state index is 13.8. The molecule has 0 unspecified atom stereocenters. The van der Waals surface area contributed by atoms with Gasteiger partial charge in [0.05, 0.1) is 29.4 Å². The Hall–Kier alpha value is -3.97. The maximum Gasteiger partial charge on any atom is 0.282 e. The average Bonchev–Trinajstić information content (AvgIpc) is 3.21. The zero-order valence-corrected chi connectivity index (χ0v) is 25.3. The van der Waals surface area contributed by atoms with Crippen LogP contribution in [-0.4, -0.2) is 27.0 Å². The second-order valence-electron chi connectivity index (χ2n) is 10.2. The lowest BCUT2D eigenvalue weighted by molar-refractivity contribution is 0.335. The van der Waals surface area contributed by atoms with Crippen molar-refractivity contribution in [3.8, 4) is 22.8 Å². The molecule has 0 atom stereocenters. The molecule has 0 radical (unpaired) electrons. The van der Waals surface area contributed by atoms with Crippen LogP contribution in [-0.2, 0) is 0 Å². The van der Waals surface area contributed by atoms with Crippen LogP contribution in [0.15, 0.2) is 81.1 Å². The number of hydrogen-bond donors (Lipinski definition) is 0. The zero-order valence-electron chi connectivity index (χ0n) is 23.7. The molecule has 0 fully saturated rings. The van der Waals surface area contributed by atoms with E-state index in [4.69, 9.17) is 14.8 Å². The lowest BCUT2D eigenvalue weighted by Crippen LogP contribution is -2.21. The van der Waals surface area contributed by atoms with Crippen LogP contribution < -0.4 is 10.3 Å². The largest absolute Gasteiger partial charge is 0.494 e. The van der Waals surface area contributed by atoms with Crippen LogP contribution in [0.25, 0.3) is 28.0 Å². The normalized spacial score (nSPS) is 11.7. The van der Waals surface area contributed by atoms with Crippen molar-refractivity contribution in [2.75, 3.05) is 6.61 Å². The van der Waals surface area contributed by atoms with Gasteiger partial charge in [0.25, 0.3) is 5.56 Å². The molecule has 6 nitrogen and oxygen atoms in total. The summed E-state index contributed by atoms with van der Waals surface area (Å²) in [4.78, 5) is 18.8. The first-order chi connectivity index (χ1) is 19.2. The molecule has 0 aliphatic rings. The third-order valence-electron chi connectivity index (χ3n) is 7.15. The van der Waals surface area contributed by atoms with Gasteiger partial charge >= 0.3 is 0 Å². The van der Waals surface area contributed by atoms with E-state index in [0.717, 1.165) is 49.6 Å². The van der Waals surface area contributed by atoms with Crippen LogP contribution in [0.2, 0.25) is 0 Å². The molecular weight excluding hydrogens is 564 g/mol. The van der Waals surface area contributed by atoms with Crippen molar-refractivity contribution < 1.29 is 4.74 Å². The second-order valence-corrected chi connectivity index (χ2v) is 11.1. The van der Waals surface area contributed by atoms with Gasteiger partial charge in [-0.2, -0.15) is 9.78 Å². The van der Waals surface area contributed by atoms with Gasteiger partial charge < -0.3 is 9.30 Å². The Labute approximate surface area is 243 Å². The van der Waals surface area contributed by atoms with Gasteiger partial charge in [-0.25, -0.2) is 4.98 Å². The Morgan fingerprint density at radius 3 is 2.48 bits per heavy atom. The fraction of sp³-hybridized carbons (Fsp3) is 0.242. The van der Waals surface area contributed by atoms with Gasteiger partial charge in [0.2, 0.25) is 0 Å². The van der Waals surface area contributed by atoms with Crippen molar-refractivity contribution in [3.63, 3.8) is 0 Å². The molecule has 0 amide bonds. The molecule has 0 aliphatic carbocycles. The van der Waals surface area contributed by atoms with Crippen molar-refractivity contribution in [3.05, 3.63) is 110 Å². The third kappa shape index (κ3) is 5.02. The molecule has 7 heteroatoms. The molecule has 0 aliphatic heterocycles. The highest BCUT2D eigenvalue weighted by molar-refractivity contribution is 9.10. The minimum atomic E-state index is -0.212. The molecule has 3 aromatic carbocycles. The van der Waals surface area contributed by atoms with Gasteiger partial charge in [-0.15, -0.1) is 0 Å². The number of rotatable bonds is 7. The van der Waals surface area contributed by atoms with Gasteiger partial charge in [-0.05, 0) is 103 Å². The van der Waals surface area contributed by atoms with Crippen LogP contribution in [0, 0.1) is 20.8 Å². The topological polar surface area (TPSA) is 61.4 Å². The molecule has 0 N–H and O–H groups in total. The number of aromatic nitrogens is 3. The van der Waals surface area contributed by atoms with E-state index in [9.17, 15) is 4.79 Å². The summed E-state index contributed by atoms with van der Waals surface area (Å²) >= 11 is 3.67. The van der Waals surface area contributed by atoms with Crippen LogP contribution in [0.1, 0.15) is 54.8 Å². The summed E-state index contributed by atoms with van der Waals surface area (Å²) in [6.07, 6.45) is 1.75. The molecule has 204 valence electrons. The molecule has 0 bridgehead atoms. The Kier molecular flexibility index (Phi) is 7.76. The Morgan fingerprint density at radius 2 is 1.75 bits per heavy atom. The van der Waals surface area contributed by atoms with Gasteiger partial charge in [0.15, 0.2) is 5.82 Å².